The van der Waals surface area contributed by atoms with Gasteiger partial charge in [-0.25, -0.2) is 0 Å². The third-order valence-electron chi connectivity index (χ3n) is 12.2. The fourth-order valence-electron chi connectivity index (χ4n) is 8.07. The molecule has 0 fully saturated rings. The number of allylic oxidation sites excluding steroid dienone is 11. The first-order valence-corrected chi connectivity index (χ1v) is 27.2. The number of rotatable bonds is 49. The average Bonchev–Trinajstić information content (AvgIpc) is 3.28. The van der Waals surface area contributed by atoms with Crippen LogP contribution in [0.15, 0.2) is 72.9 Å². The number of carbonyl (C=O) groups is 1. The van der Waals surface area contributed by atoms with Crippen molar-refractivity contribution in [2.24, 2.45) is 0 Å². The molecule has 0 aliphatic rings. The molecular formula is C58H105NO3. The first-order chi connectivity index (χ1) is 30.7. The van der Waals surface area contributed by atoms with E-state index in [1.807, 2.05) is 6.08 Å². The molecule has 0 aromatic carbocycles. The number of aliphatic hydroxyl groups is 2. The van der Waals surface area contributed by atoms with Crippen molar-refractivity contribution in [3.05, 3.63) is 72.9 Å². The van der Waals surface area contributed by atoms with Crippen molar-refractivity contribution in [3.63, 3.8) is 0 Å². The zero-order valence-electron chi connectivity index (χ0n) is 41.4. The van der Waals surface area contributed by atoms with Crippen molar-refractivity contribution < 1.29 is 15.0 Å². The molecule has 0 aromatic heterocycles. The molecule has 62 heavy (non-hydrogen) atoms. The maximum Gasteiger partial charge on any atom is 0.220 e. The second-order valence-corrected chi connectivity index (χ2v) is 18.3. The predicted octanol–water partition coefficient (Wildman–Crippen LogP) is 17.8. The number of aliphatic hydroxyl groups excluding tert-OH is 2. The number of unbranched alkanes of at least 4 members (excludes halogenated alkanes) is 32. The molecule has 0 radical (unpaired) electrons. The lowest BCUT2D eigenvalue weighted by atomic mass is 10.0. The fourth-order valence-corrected chi connectivity index (χ4v) is 8.07. The molecule has 0 saturated carbocycles. The maximum absolute atomic E-state index is 12.4. The molecule has 0 bridgehead atoms. The van der Waals surface area contributed by atoms with Gasteiger partial charge in [0.05, 0.1) is 18.8 Å². The lowest BCUT2D eigenvalue weighted by Crippen LogP contribution is -2.45. The van der Waals surface area contributed by atoms with Crippen LogP contribution in [-0.2, 0) is 4.79 Å². The molecule has 3 N–H and O–H groups in total. The van der Waals surface area contributed by atoms with Gasteiger partial charge in [0, 0.05) is 6.42 Å². The first-order valence-electron chi connectivity index (χ1n) is 27.2. The Kier molecular flexibility index (Phi) is 51.3. The van der Waals surface area contributed by atoms with Crippen LogP contribution >= 0.6 is 0 Å². The summed E-state index contributed by atoms with van der Waals surface area (Å²) >= 11 is 0. The molecule has 0 aromatic rings. The third-order valence-corrected chi connectivity index (χ3v) is 12.2. The van der Waals surface area contributed by atoms with E-state index in [2.05, 4.69) is 79.9 Å². The Balaban J connectivity index is 3.49. The Labute approximate surface area is 387 Å². The van der Waals surface area contributed by atoms with Gasteiger partial charge in [0.25, 0.3) is 0 Å². The van der Waals surface area contributed by atoms with E-state index < -0.39 is 12.1 Å². The minimum absolute atomic E-state index is 0.0720. The highest BCUT2D eigenvalue weighted by Crippen LogP contribution is 2.16. The van der Waals surface area contributed by atoms with Gasteiger partial charge in [-0.1, -0.05) is 267 Å². The van der Waals surface area contributed by atoms with Crippen molar-refractivity contribution in [3.8, 4) is 0 Å². The summed E-state index contributed by atoms with van der Waals surface area (Å²) in [6.07, 6.45) is 76.3. The highest BCUT2D eigenvalue weighted by Gasteiger charge is 2.17. The van der Waals surface area contributed by atoms with Crippen LogP contribution < -0.4 is 5.32 Å². The number of carbonyl (C=O) groups excluding carboxylic acids is 1. The summed E-state index contributed by atoms with van der Waals surface area (Å²) in [5, 5.41) is 23.1. The van der Waals surface area contributed by atoms with Crippen LogP contribution in [0.4, 0.5) is 0 Å². The minimum atomic E-state index is -0.863. The quantitative estimate of drug-likeness (QED) is 0.0421. The molecule has 0 aliphatic carbocycles. The van der Waals surface area contributed by atoms with E-state index in [9.17, 15) is 15.0 Å². The van der Waals surface area contributed by atoms with Crippen molar-refractivity contribution in [2.75, 3.05) is 6.61 Å². The van der Waals surface area contributed by atoms with Crippen LogP contribution in [0.25, 0.3) is 0 Å². The SMILES string of the molecule is CC/C=C\C/C=C\C/C=C\C/C=C\CCCCCCCCCCCCCCCCCCCCCCC(=O)NC(CO)C(O)/C=C/CC/C=C/CCCCCCCCCCCCC. The molecule has 4 nitrogen and oxygen atoms in total. The molecule has 4 heteroatoms. The van der Waals surface area contributed by atoms with E-state index in [4.69, 9.17) is 0 Å². The van der Waals surface area contributed by atoms with E-state index in [0.717, 1.165) is 57.8 Å². The van der Waals surface area contributed by atoms with Crippen molar-refractivity contribution >= 4 is 5.91 Å². The van der Waals surface area contributed by atoms with Gasteiger partial charge >= 0.3 is 0 Å². The van der Waals surface area contributed by atoms with Crippen molar-refractivity contribution in [2.45, 2.75) is 283 Å². The third kappa shape index (κ3) is 48.9. The van der Waals surface area contributed by atoms with E-state index in [0.29, 0.717) is 6.42 Å². The monoisotopic (exact) mass is 864 g/mol. The van der Waals surface area contributed by atoms with Gasteiger partial charge in [0.15, 0.2) is 0 Å². The van der Waals surface area contributed by atoms with Gasteiger partial charge < -0.3 is 15.5 Å². The number of nitrogens with one attached hydrogen (secondary N) is 1. The zero-order chi connectivity index (χ0) is 44.9. The highest BCUT2D eigenvalue weighted by molar-refractivity contribution is 5.76. The van der Waals surface area contributed by atoms with E-state index in [1.54, 1.807) is 6.08 Å². The average molecular weight is 864 g/mol. The van der Waals surface area contributed by atoms with E-state index >= 15 is 0 Å². The summed E-state index contributed by atoms with van der Waals surface area (Å²) in [5.41, 5.74) is 0. The fraction of sp³-hybridized carbons (Fsp3) is 0.776. The van der Waals surface area contributed by atoms with Gasteiger partial charge in [0.2, 0.25) is 5.91 Å². The Bertz CT molecular complexity index is 1070. The minimum Gasteiger partial charge on any atom is -0.394 e. The summed E-state index contributed by atoms with van der Waals surface area (Å²) < 4.78 is 0. The van der Waals surface area contributed by atoms with E-state index in [-0.39, 0.29) is 12.5 Å². The van der Waals surface area contributed by atoms with Gasteiger partial charge in [-0.15, -0.1) is 0 Å². The van der Waals surface area contributed by atoms with Crippen LogP contribution in [0.2, 0.25) is 0 Å². The molecule has 0 aliphatic heterocycles. The van der Waals surface area contributed by atoms with E-state index in [1.165, 1.54) is 193 Å². The lowest BCUT2D eigenvalue weighted by Gasteiger charge is -2.19. The lowest BCUT2D eigenvalue weighted by molar-refractivity contribution is -0.123. The van der Waals surface area contributed by atoms with Crippen LogP contribution in [0.3, 0.4) is 0 Å². The van der Waals surface area contributed by atoms with Gasteiger partial charge in [-0.2, -0.15) is 0 Å². The van der Waals surface area contributed by atoms with Gasteiger partial charge in [-0.3, -0.25) is 4.79 Å². The number of hydrogen-bond acceptors (Lipinski definition) is 3. The summed E-state index contributed by atoms with van der Waals surface area (Å²) in [4.78, 5) is 12.4. The molecule has 1 amide bonds. The Morgan fingerprint density at radius 1 is 0.403 bits per heavy atom. The smallest absolute Gasteiger partial charge is 0.220 e. The molecule has 0 saturated heterocycles. The molecular weight excluding hydrogens is 759 g/mol. The summed E-state index contributed by atoms with van der Waals surface area (Å²) in [7, 11) is 0. The molecule has 0 rings (SSSR count). The van der Waals surface area contributed by atoms with Crippen LogP contribution in [-0.4, -0.2) is 34.9 Å². The largest absolute Gasteiger partial charge is 0.394 e. The maximum atomic E-state index is 12.4. The topological polar surface area (TPSA) is 69.6 Å². The summed E-state index contributed by atoms with van der Waals surface area (Å²) in [6.45, 7) is 4.20. The molecule has 0 heterocycles. The van der Waals surface area contributed by atoms with Crippen molar-refractivity contribution in [1.29, 1.82) is 0 Å². The number of amides is 1. The molecule has 360 valence electrons. The highest BCUT2D eigenvalue weighted by atomic mass is 16.3. The summed E-state index contributed by atoms with van der Waals surface area (Å²) in [5.74, 6) is -0.0720. The first kappa shape index (κ1) is 59.8. The van der Waals surface area contributed by atoms with Gasteiger partial charge in [0.1, 0.15) is 0 Å². The normalized spacial score (nSPS) is 13.4. The number of hydrogen-bond donors (Lipinski definition) is 3. The van der Waals surface area contributed by atoms with Gasteiger partial charge in [-0.05, 0) is 70.6 Å². The molecule has 2 unspecified atom stereocenters. The van der Waals surface area contributed by atoms with Crippen LogP contribution in [0.5, 0.6) is 0 Å². The molecule has 0 spiro atoms. The Morgan fingerprint density at radius 3 is 1.13 bits per heavy atom. The van der Waals surface area contributed by atoms with Crippen LogP contribution in [0, 0.1) is 0 Å². The second-order valence-electron chi connectivity index (χ2n) is 18.3. The molecule has 2 atom stereocenters. The predicted molar refractivity (Wildman–Crippen MR) is 276 cm³/mol. The Hall–Kier alpha value is -2.17. The van der Waals surface area contributed by atoms with Crippen LogP contribution in [0.1, 0.15) is 271 Å². The summed E-state index contributed by atoms with van der Waals surface area (Å²) in [6, 6.07) is -0.640. The standard InChI is InChI=1S/C58H105NO3/c1-3-5-7-9-11-13-15-17-19-21-22-23-24-25-26-27-28-29-30-31-32-33-34-35-36-38-40-42-44-46-48-50-52-54-58(62)59-56(55-60)57(61)53-51-49-47-45-43-41-39-37-20-18-16-14-12-10-8-6-4-2/h5,7,11,13,17,19,22-23,43,45,51,53,56-57,60-61H,3-4,6,8-10,12,14-16,18,20-21,24-42,44,46-50,52,54-55H2,1-2H3,(H,59,62)/b7-5-,13-11-,19-17-,23-22-,45-43+,53-51+. The zero-order valence-corrected chi connectivity index (χ0v) is 41.4. The van der Waals surface area contributed by atoms with Crippen molar-refractivity contribution in [1.82, 2.24) is 5.32 Å². The Morgan fingerprint density at radius 2 is 0.726 bits per heavy atom. The second kappa shape index (κ2) is 53.2.